The highest BCUT2D eigenvalue weighted by atomic mass is 32.1. The van der Waals surface area contributed by atoms with Crippen molar-refractivity contribution in [3.8, 4) is 11.3 Å². The number of aryl methyl sites for hydroxylation is 1. The number of hydrogen-bond acceptors (Lipinski definition) is 3. The van der Waals surface area contributed by atoms with E-state index in [4.69, 9.17) is 12.2 Å². The first-order valence-electron chi connectivity index (χ1n) is 5.32. The normalized spacial score (nSPS) is 15.3. The lowest BCUT2D eigenvalue weighted by Crippen LogP contribution is -1.94. The van der Waals surface area contributed by atoms with Crippen molar-refractivity contribution in [2.75, 3.05) is 0 Å². The van der Waals surface area contributed by atoms with Crippen molar-refractivity contribution in [1.82, 2.24) is 19.7 Å². The minimum atomic E-state index is 0.582. The zero-order valence-corrected chi connectivity index (χ0v) is 9.79. The fraction of sp³-hybridized carbons (Fsp3) is 0.364. The Morgan fingerprint density at radius 3 is 2.94 bits per heavy atom. The van der Waals surface area contributed by atoms with Gasteiger partial charge in [0.1, 0.15) is 10.5 Å². The van der Waals surface area contributed by atoms with Crippen LogP contribution in [-0.4, -0.2) is 19.7 Å². The van der Waals surface area contributed by atoms with Crippen LogP contribution in [0.5, 0.6) is 0 Å². The van der Waals surface area contributed by atoms with Gasteiger partial charge in [0.2, 0.25) is 0 Å². The molecule has 16 heavy (non-hydrogen) atoms. The van der Waals surface area contributed by atoms with E-state index in [1.807, 2.05) is 25.5 Å². The Kier molecular flexibility index (Phi) is 2.14. The molecule has 0 aliphatic heterocycles. The first kappa shape index (κ1) is 9.72. The van der Waals surface area contributed by atoms with Crippen LogP contribution in [0.2, 0.25) is 0 Å². The van der Waals surface area contributed by atoms with Crippen LogP contribution >= 0.6 is 12.2 Å². The zero-order valence-electron chi connectivity index (χ0n) is 8.97. The summed E-state index contributed by atoms with van der Waals surface area (Å²) in [6, 6.07) is 1.89. The van der Waals surface area contributed by atoms with Crippen LogP contribution in [0, 0.1) is 4.64 Å². The molecule has 2 aromatic rings. The Balaban J connectivity index is 2.09. The molecule has 0 atom stereocenters. The summed E-state index contributed by atoms with van der Waals surface area (Å²) in [5.41, 5.74) is 2.06. The largest absolute Gasteiger partial charge is 0.343 e. The lowest BCUT2D eigenvalue weighted by Gasteiger charge is -2.02. The molecule has 0 radical (unpaired) electrons. The maximum atomic E-state index is 5.18. The maximum Gasteiger partial charge on any atom is 0.130 e. The summed E-state index contributed by atoms with van der Waals surface area (Å²) in [7, 11) is 1.90. The summed E-state index contributed by atoms with van der Waals surface area (Å²) in [5.74, 6) is 1.60. The Bertz CT molecular complexity index is 580. The van der Waals surface area contributed by atoms with E-state index in [1.165, 1.54) is 12.8 Å². The van der Waals surface area contributed by atoms with E-state index in [2.05, 4.69) is 15.1 Å². The molecule has 5 heteroatoms. The molecule has 0 spiro atoms. The van der Waals surface area contributed by atoms with Gasteiger partial charge >= 0.3 is 0 Å². The van der Waals surface area contributed by atoms with E-state index < -0.39 is 0 Å². The van der Waals surface area contributed by atoms with Gasteiger partial charge in [-0.3, -0.25) is 4.68 Å². The van der Waals surface area contributed by atoms with Crippen LogP contribution in [0.4, 0.5) is 0 Å². The maximum absolute atomic E-state index is 5.18. The number of nitrogens with one attached hydrogen (secondary N) is 1. The highest BCUT2D eigenvalue weighted by Crippen LogP contribution is 2.38. The van der Waals surface area contributed by atoms with Crippen LogP contribution in [0.3, 0.4) is 0 Å². The van der Waals surface area contributed by atoms with Crippen molar-refractivity contribution in [3.63, 3.8) is 0 Å². The van der Waals surface area contributed by atoms with Crippen molar-refractivity contribution in [2.45, 2.75) is 18.8 Å². The number of aromatic amines is 1. The van der Waals surface area contributed by atoms with E-state index in [9.17, 15) is 0 Å². The molecule has 4 nitrogen and oxygen atoms in total. The molecule has 0 amide bonds. The molecule has 0 aromatic carbocycles. The lowest BCUT2D eigenvalue weighted by molar-refractivity contribution is 0.768. The molecule has 2 heterocycles. The van der Waals surface area contributed by atoms with E-state index in [1.54, 1.807) is 4.68 Å². The molecule has 1 aliphatic carbocycles. The standard InChI is InChI=1S/C11H12N4S/c1-15-6-8(5-12-15)9-4-10(16)14-11(13-9)7-2-3-7/h4-7H,2-3H2,1H3,(H,13,14,16). The van der Waals surface area contributed by atoms with Crippen molar-refractivity contribution in [1.29, 1.82) is 0 Å². The quantitative estimate of drug-likeness (QED) is 0.809. The van der Waals surface area contributed by atoms with Crippen LogP contribution in [0.25, 0.3) is 11.3 Å². The third-order valence-corrected chi connectivity index (χ3v) is 2.95. The fourth-order valence-electron chi connectivity index (χ4n) is 1.74. The third kappa shape index (κ3) is 1.78. The van der Waals surface area contributed by atoms with Crippen LogP contribution < -0.4 is 0 Å². The summed E-state index contributed by atoms with van der Waals surface area (Å²) in [4.78, 5) is 7.71. The molecular formula is C11H12N4S. The van der Waals surface area contributed by atoms with Gasteiger partial charge in [0, 0.05) is 24.7 Å². The highest BCUT2D eigenvalue weighted by Gasteiger charge is 2.26. The summed E-state index contributed by atoms with van der Waals surface area (Å²) < 4.78 is 2.43. The second-order valence-electron chi connectivity index (χ2n) is 4.20. The average molecular weight is 232 g/mol. The molecule has 2 aromatic heterocycles. The Hall–Kier alpha value is -1.49. The predicted octanol–water partition coefficient (Wildman–Crippen LogP) is 2.42. The predicted molar refractivity (Wildman–Crippen MR) is 63.6 cm³/mol. The number of rotatable bonds is 2. The summed E-state index contributed by atoms with van der Waals surface area (Å²) in [6.07, 6.45) is 6.23. The van der Waals surface area contributed by atoms with Gasteiger partial charge in [0.25, 0.3) is 0 Å². The van der Waals surface area contributed by atoms with Gasteiger partial charge in [0.15, 0.2) is 0 Å². The van der Waals surface area contributed by atoms with Gasteiger partial charge in [-0.2, -0.15) is 5.10 Å². The van der Waals surface area contributed by atoms with E-state index in [0.29, 0.717) is 10.6 Å². The average Bonchev–Trinajstić information content (AvgIpc) is 3.01. The zero-order chi connectivity index (χ0) is 11.1. The molecule has 0 unspecified atom stereocenters. The van der Waals surface area contributed by atoms with Gasteiger partial charge in [0.05, 0.1) is 11.9 Å². The summed E-state index contributed by atoms with van der Waals surface area (Å²) in [6.45, 7) is 0. The van der Waals surface area contributed by atoms with Crippen LogP contribution in [0.1, 0.15) is 24.6 Å². The summed E-state index contributed by atoms with van der Waals surface area (Å²) in [5, 5.41) is 4.16. The monoisotopic (exact) mass is 232 g/mol. The van der Waals surface area contributed by atoms with E-state index >= 15 is 0 Å². The Morgan fingerprint density at radius 2 is 2.31 bits per heavy atom. The minimum absolute atomic E-state index is 0.582. The number of aromatic nitrogens is 4. The molecule has 82 valence electrons. The SMILES string of the molecule is Cn1cc(-c2cc(=S)nc(C3CC3)[nH]2)cn1. The van der Waals surface area contributed by atoms with E-state index in [0.717, 1.165) is 17.1 Å². The fourth-order valence-corrected chi connectivity index (χ4v) is 1.96. The topological polar surface area (TPSA) is 46.5 Å². The number of H-pyrrole nitrogens is 1. The van der Waals surface area contributed by atoms with Gasteiger partial charge < -0.3 is 4.98 Å². The number of nitrogens with zero attached hydrogens (tertiary/aromatic N) is 3. The highest BCUT2D eigenvalue weighted by molar-refractivity contribution is 7.71. The molecule has 0 bridgehead atoms. The number of hydrogen-bond donors (Lipinski definition) is 1. The Labute approximate surface area is 98.3 Å². The van der Waals surface area contributed by atoms with Crippen molar-refractivity contribution in [2.24, 2.45) is 7.05 Å². The van der Waals surface area contributed by atoms with Crippen LogP contribution in [0.15, 0.2) is 18.5 Å². The molecule has 1 saturated carbocycles. The first-order valence-corrected chi connectivity index (χ1v) is 5.73. The molecule has 1 fully saturated rings. The van der Waals surface area contributed by atoms with Gasteiger partial charge in [-0.05, 0) is 18.9 Å². The van der Waals surface area contributed by atoms with Crippen molar-refractivity contribution < 1.29 is 0 Å². The third-order valence-electron chi connectivity index (χ3n) is 2.74. The van der Waals surface area contributed by atoms with Gasteiger partial charge in [-0.1, -0.05) is 12.2 Å². The second-order valence-corrected chi connectivity index (χ2v) is 4.61. The lowest BCUT2D eigenvalue weighted by atomic mass is 10.2. The minimum Gasteiger partial charge on any atom is -0.343 e. The van der Waals surface area contributed by atoms with Crippen molar-refractivity contribution >= 4 is 12.2 Å². The van der Waals surface area contributed by atoms with Gasteiger partial charge in [-0.15, -0.1) is 0 Å². The Morgan fingerprint density at radius 1 is 1.50 bits per heavy atom. The second kappa shape index (κ2) is 3.52. The smallest absolute Gasteiger partial charge is 0.130 e. The first-order chi connectivity index (χ1) is 7.72. The molecule has 3 rings (SSSR count). The van der Waals surface area contributed by atoms with Crippen LogP contribution in [-0.2, 0) is 7.05 Å². The molecule has 1 aliphatic rings. The molecule has 1 N–H and O–H groups in total. The summed E-state index contributed by atoms with van der Waals surface area (Å²) >= 11 is 5.18. The van der Waals surface area contributed by atoms with E-state index in [-0.39, 0.29) is 0 Å². The molecule has 0 saturated heterocycles. The van der Waals surface area contributed by atoms with Gasteiger partial charge in [-0.25, -0.2) is 4.98 Å². The molecular weight excluding hydrogens is 220 g/mol. The van der Waals surface area contributed by atoms with Crippen molar-refractivity contribution in [3.05, 3.63) is 28.9 Å².